The molecule has 47 heavy (non-hydrogen) atoms. The predicted octanol–water partition coefficient (Wildman–Crippen LogP) is 5.00. The Labute approximate surface area is 276 Å². The van der Waals surface area contributed by atoms with Crippen molar-refractivity contribution in [2.75, 3.05) is 62.7 Å². The number of carbonyl (C=O) groups is 1. The van der Waals surface area contributed by atoms with E-state index in [-0.39, 0.29) is 11.7 Å². The summed E-state index contributed by atoms with van der Waals surface area (Å²) < 4.78 is 15.6. The third kappa shape index (κ3) is 6.14. The van der Waals surface area contributed by atoms with Crippen LogP contribution < -0.4 is 9.80 Å². The minimum atomic E-state index is -0.339. The Kier molecular flexibility index (Phi) is 8.53. The Balaban J connectivity index is 1.10. The molecular formula is C34H35FN10OS. The fourth-order valence-electron chi connectivity index (χ4n) is 6.26. The van der Waals surface area contributed by atoms with E-state index in [0.29, 0.717) is 40.2 Å². The fraction of sp³-hybridized carbons (Fsp3) is 0.353. The van der Waals surface area contributed by atoms with Crippen molar-refractivity contribution >= 4 is 39.8 Å². The Morgan fingerprint density at radius 2 is 1.66 bits per heavy atom. The molecule has 2 saturated heterocycles. The average Bonchev–Trinajstić information content (AvgIpc) is 3.88. The van der Waals surface area contributed by atoms with E-state index in [1.807, 2.05) is 52.0 Å². The second kappa shape index (κ2) is 13.1. The zero-order valence-electron chi connectivity index (χ0n) is 26.4. The van der Waals surface area contributed by atoms with Crippen LogP contribution in [0.25, 0.3) is 28.0 Å². The van der Waals surface area contributed by atoms with Crippen LogP contribution >= 0.6 is 11.3 Å². The molecule has 7 rings (SSSR count). The second-order valence-electron chi connectivity index (χ2n) is 11.9. The van der Waals surface area contributed by atoms with E-state index in [1.165, 1.54) is 23.5 Å². The first kappa shape index (κ1) is 30.7. The van der Waals surface area contributed by atoms with Crippen LogP contribution in [0.5, 0.6) is 0 Å². The summed E-state index contributed by atoms with van der Waals surface area (Å²) in [6.07, 6.45) is 8.65. The highest BCUT2D eigenvalue weighted by Crippen LogP contribution is 2.37. The van der Waals surface area contributed by atoms with Gasteiger partial charge in [0.05, 0.1) is 12.2 Å². The molecule has 0 bridgehead atoms. The second-order valence-corrected chi connectivity index (χ2v) is 12.8. The van der Waals surface area contributed by atoms with Crippen LogP contribution in [0.4, 0.5) is 21.3 Å². The molecule has 13 heteroatoms. The standard InChI is InChI=1S/C34H35FN10OS/c1-3-27-32(41(2)34-40-31(28(18-36)47-34)23-6-9-26(35)10-7-23)45-21-24(8-11-29(45)39-27)25-19-37-33(38-20-25)44-16-14-42(15-17-44)22-30(46)43-12-4-5-13-43/h6-11,19-21H,3-5,12-17,22H2,1-2H3. The van der Waals surface area contributed by atoms with Crippen LogP contribution in [-0.2, 0) is 11.2 Å². The van der Waals surface area contributed by atoms with Gasteiger partial charge in [-0.2, -0.15) is 5.26 Å². The molecule has 11 nitrogen and oxygen atoms in total. The van der Waals surface area contributed by atoms with E-state index >= 15 is 0 Å². The normalized spacial score (nSPS) is 15.4. The van der Waals surface area contributed by atoms with Gasteiger partial charge in [0.25, 0.3) is 0 Å². The van der Waals surface area contributed by atoms with Crippen LogP contribution in [0.3, 0.4) is 0 Å². The lowest BCUT2D eigenvalue weighted by atomic mass is 10.1. The van der Waals surface area contributed by atoms with E-state index in [4.69, 9.17) is 19.9 Å². The molecule has 2 aliphatic heterocycles. The highest BCUT2D eigenvalue weighted by Gasteiger charge is 2.25. The molecule has 0 spiro atoms. The number of fused-ring (bicyclic) bond motifs is 1. The molecular weight excluding hydrogens is 616 g/mol. The third-order valence-electron chi connectivity index (χ3n) is 8.88. The number of rotatable bonds is 8. The van der Waals surface area contributed by atoms with Gasteiger partial charge < -0.3 is 14.7 Å². The number of halogens is 1. The number of hydrogen-bond donors (Lipinski definition) is 0. The van der Waals surface area contributed by atoms with Crippen LogP contribution in [0.1, 0.15) is 30.3 Å². The van der Waals surface area contributed by atoms with Crippen molar-refractivity contribution in [2.45, 2.75) is 26.2 Å². The minimum Gasteiger partial charge on any atom is -0.342 e. The molecule has 0 atom stereocenters. The summed E-state index contributed by atoms with van der Waals surface area (Å²) >= 11 is 1.29. The lowest BCUT2D eigenvalue weighted by Crippen LogP contribution is -2.50. The molecule has 2 aliphatic rings. The topological polar surface area (TPSA) is 110 Å². The molecule has 1 amide bonds. The number of nitriles is 1. The van der Waals surface area contributed by atoms with Crippen molar-refractivity contribution in [1.29, 1.82) is 5.26 Å². The Hall–Kier alpha value is -4.93. The van der Waals surface area contributed by atoms with Crippen LogP contribution in [0, 0.1) is 17.1 Å². The smallest absolute Gasteiger partial charge is 0.236 e. The van der Waals surface area contributed by atoms with Crippen molar-refractivity contribution in [3.63, 3.8) is 0 Å². The summed E-state index contributed by atoms with van der Waals surface area (Å²) in [7, 11) is 1.92. The van der Waals surface area contributed by atoms with Gasteiger partial charge in [0, 0.05) is 81.6 Å². The number of anilines is 3. The minimum absolute atomic E-state index is 0.236. The van der Waals surface area contributed by atoms with Crippen molar-refractivity contribution < 1.29 is 9.18 Å². The first-order valence-electron chi connectivity index (χ1n) is 15.9. The van der Waals surface area contributed by atoms with Gasteiger partial charge in [-0.25, -0.2) is 24.3 Å². The lowest BCUT2D eigenvalue weighted by Gasteiger charge is -2.35. The number of likely N-dealkylation sites (tertiary alicyclic amines) is 1. The van der Waals surface area contributed by atoms with E-state index in [9.17, 15) is 14.4 Å². The SMILES string of the molecule is CCc1nc2ccc(-c3cnc(N4CCN(CC(=O)N5CCCC5)CC4)nc3)cn2c1N(C)c1nc(-c2ccc(F)cc2)c(C#N)s1. The Bertz CT molecular complexity index is 1930. The van der Waals surface area contributed by atoms with E-state index in [0.717, 1.165) is 80.4 Å². The first-order chi connectivity index (χ1) is 22.9. The number of piperazine rings is 1. The van der Waals surface area contributed by atoms with Crippen LogP contribution in [-0.4, -0.2) is 92.9 Å². The van der Waals surface area contributed by atoms with Crippen molar-refractivity contribution in [3.8, 4) is 28.5 Å². The number of aromatic nitrogens is 5. The molecule has 0 N–H and O–H groups in total. The molecule has 0 unspecified atom stereocenters. The van der Waals surface area contributed by atoms with Gasteiger partial charge >= 0.3 is 0 Å². The zero-order valence-corrected chi connectivity index (χ0v) is 27.3. The van der Waals surface area contributed by atoms with Gasteiger partial charge in [0.1, 0.15) is 33.9 Å². The summed E-state index contributed by atoms with van der Waals surface area (Å²) in [4.78, 5) is 40.5. The van der Waals surface area contributed by atoms with Gasteiger partial charge in [-0.15, -0.1) is 0 Å². The summed E-state index contributed by atoms with van der Waals surface area (Å²) in [5.41, 5.74) is 4.73. The summed E-state index contributed by atoms with van der Waals surface area (Å²) in [6, 6.07) is 12.3. The fourth-order valence-corrected chi connectivity index (χ4v) is 7.11. The maximum atomic E-state index is 13.6. The average molecular weight is 651 g/mol. The number of aryl methyl sites for hydroxylation is 1. The number of pyridine rings is 1. The van der Waals surface area contributed by atoms with Gasteiger partial charge in [-0.3, -0.25) is 14.1 Å². The maximum absolute atomic E-state index is 13.6. The molecule has 5 aromatic rings. The molecule has 1 aromatic carbocycles. The maximum Gasteiger partial charge on any atom is 0.236 e. The molecule has 0 aliphatic carbocycles. The largest absolute Gasteiger partial charge is 0.342 e. The van der Waals surface area contributed by atoms with Gasteiger partial charge in [-0.05, 0) is 55.7 Å². The van der Waals surface area contributed by atoms with Gasteiger partial charge in [0.2, 0.25) is 11.9 Å². The van der Waals surface area contributed by atoms with E-state index in [1.54, 1.807) is 12.1 Å². The van der Waals surface area contributed by atoms with Crippen molar-refractivity contribution in [1.82, 2.24) is 34.1 Å². The van der Waals surface area contributed by atoms with Crippen LogP contribution in [0.2, 0.25) is 0 Å². The first-order valence-corrected chi connectivity index (χ1v) is 16.7. The third-order valence-corrected chi connectivity index (χ3v) is 9.92. The quantitative estimate of drug-likeness (QED) is 0.229. The Morgan fingerprint density at radius 3 is 2.34 bits per heavy atom. The monoisotopic (exact) mass is 650 g/mol. The number of benzene rings is 1. The molecule has 240 valence electrons. The van der Waals surface area contributed by atoms with Gasteiger partial charge in [-0.1, -0.05) is 18.3 Å². The summed E-state index contributed by atoms with van der Waals surface area (Å²) in [5, 5.41) is 10.5. The number of hydrogen-bond acceptors (Lipinski definition) is 10. The van der Waals surface area contributed by atoms with Crippen LogP contribution in [0.15, 0.2) is 55.0 Å². The van der Waals surface area contributed by atoms with Crippen molar-refractivity contribution in [2.24, 2.45) is 0 Å². The summed E-state index contributed by atoms with van der Waals surface area (Å²) in [6.45, 7) is 7.48. The summed E-state index contributed by atoms with van der Waals surface area (Å²) in [5.74, 6) is 1.44. The lowest BCUT2D eigenvalue weighted by molar-refractivity contribution is -0.131. The number of imidazole rings is 1. The number of carbonyl (C=O) groups excluding carboxylic acids is 1. The number of thiazole rings is 1. The molecule has 2 fully saturated rings. The molecule has 6 heterocycles. The van der Waals surface area contributed by atoms with Crippen molar-refractivity contribution in [3.05, 3.63) is 71.4 Å². The van der Waals surface area contributed by atoms with E-state index in [2.05, 4.69) is 22.8 Å². The molecule has 0 radical (unpaired) electrons. The number of amides is 1. The van der Waals surface area contributed by atoms with E-state index < -0.39 is 0 Å². The zero-order chi connectivity index (χ0) is 32.5. The molecule has 4 aromatic heterocycles. The number of nitrogens with zero attached hydrogens (tertiary/aromatic N) is 10. The highest BCUT2D eigenvalue weighted by atomic mass is 32.1. The van der Waals surface area contributed by atoms with Gasteiger partial charge in [0.15, 0.2) is 5.13 Å². The highest BCUT2D eigenvalue weighted by molar-refractivity contribution is 7.16. The molecule has 0 saturated carbocycles. The predicted molar refractivity (Wildman–Crippen MR) is 180 cm³/mol. The Morgan fingerprint density at radius 1 is 0.957 bits per heavy atom.